The average Bonchev–Trinajstić information content (AvgIpc) is 2.37. The molecule has 0 aromatic heterocycles. The summed E-state index contributed by atoms with van der Waals surface area (Å²) in [7, 11) is 1.55. The quantitative estimate of drug-likeness (QED) is 0.903. The van der Waals surface area contributed by atoms with Gasteiger partial charge in [-0.25, -0.2) is 0 Å². The maximum absolute atomic E-state index is 8.81. The molecule has 0 spiro atoms. The second-order valence-corrected chi connectivity index (χ2v) is 6.01. The number of nitrogens with one attached hydrogen (secondary N) is 1. The number of benzene rings is 1. The number of rotatable bonds is 5. The van der Waals surface area contributed by atoms with Gasteiger partial charge in [-0.15, -0.1) is 0 Å². The highest BCUT2D eigenvalue weighted by Gasteiger charge is 2.16. The molecular weight excluding hydrogens is 276 g/mol. The number of nitrogens with zero attached hydrogens (tertiary/aromatic N) is 1. The van der Waals surface area contributed by atoms with E-state index in [2.05, 4.69) is 26.1 Å². The van der Waals surface area contributed by atoms with Gasteiger partial charge in [0, 0.05) is 12.1 Å². The Balaban J connectivity index is 2.98. The molecule has 0 radical (unpaired) electrons. The van der Waals surface area contributed by atoms with Gasteiger partial charge in [0.25, 0.3) is 0 Å². The fourth-order valence-corrected chi connectivity index (χ4v) is 1.84. The van der Waals surface area contributed by atoms with E-state index in [1.54, 1.807) is 14.0 Å². The van der Waals surface area contributed by atoms with E-state index in [9.17, 15) is 0 Å². The maximum atomic E-state index is 8.81. The molecule has 20 heavy (non-hydrogen) atoms. The van der Waals surface area contributed by atoms with Crippen molar-refractivity contribution in [3.8, 4) is 17.6 Å². The third-order valence-electron chi connectivity index (χ3n) is 2.59. The van der Waals surface area contributed by atoms with Crippen LogP contribution in [0.4, 0.5) is 0 Å². The predicted octanol–water partition coefficient (Wildman–Crippen LogP) is 3.53. The molecular formula is C15H21ClN2O2. The van der Waals surface area contributed by atoms with Gasteiger partial charge in [0.1, 0.15) is 6.07 Å². The molecule has 0 saturated carbocycles. The minimum atomic E-state index is -0.583. The van der Waals surface area contributed by atoms with Crippen LogP contribution in [-0.2, 0) is 6.54 Å². The first-order valence-electron chi connectivity index (χ1n) is 6.44. The Labute approximate surface area is 125 Å². The molecule has 0 amide bonds. The monoisotopic (exact) mass is 296 g/mol. The highest BCUT2D eigenvalue weighted by Crippen LogP contribution is 2.37. The molecule has 1 unspecified atom stereocenters. The van der Waals surface area contributed by atoms with Crippen molar-refractivity contribution >= 4 is 11.6 Å². The molecule has 4 nitrogen and oxygen atoms in total. The van der Waals surface area contributed by atoms with Crippen LogP contribution in [0.2, 0.25) is 5.02 Å². The third kappa shape index (κ3) is 4.92. The van der Waals surface area contributed by atoms with Gasteiger partial charge in [-0.05, 0) is 45.4 Å². The van der Waals surface area contributed by atoms with Crippen LogP contribution in [0.15, 0.2) is 12.1 Å². The fraction of sp³-hybridized carbons (Fsp3) is 0.533. The zero-order valence-electron chi connectivity index (χ0n) is 12.6. The Morgan fingerprint density at radius 1 is 1.40 bits per heavy atom. The first kappa shape index (κ1) is 16.6. The topological polar surface area (TPSA) is 54.3 Å². The lowest BCUT2D eigenvalue weighted by molar-refractivity contribution is 0.260. The minimum Gasteiger partial charge on any atom is -0.493 e. The summed E-state index contributed by atoms with van der Waals surface area (Å²) in [6, 6.07) is 5.69. The molecule has 0 aliphatic rings. The van der Waals surface area contributed by atoms with Gasteiger partial charge in [0.05, 0.1) is 12.1 Å². The summed E-state index contributed by atoms with van der Waals surface area (Å²) in [5.74, 6) is 0.938. The van der Waals surface area contributed by atoms with Crippen LogP contribution in [0.3, 0.4) is 0 Å². The predicted molar refractivity (Wildman–Crippen MR) is 80.3 cm³/mol. The van der Waals surface area contributed by atoms with Crippen LogP contribution in [0, 0.1) is 11.3 Å². The summed E-state index contributed by atoms with van der Waals surface area (Å²) in [6.45, 7) is 8.62. The van der Waals surface area contributed by atoms with Gasteiger partial charge in [0.2, 0.25) is 0 Å². The second-order valence-electron chi connectivity index (χ2n) is 5.60. The van der Waals surface area contributed by atoms with Crippen molar-refractivity contribution in [3.63, 3.8) is 0 Å². The fourth-order valence-electron chi connectivity index (χ4n) is 1.56. The first-order valence-corrected chi connectivity index (χ1v) is 6.82. The Morgan fingerprint density at radius 3 is 2.55 bits per heavy atom. The molecule has 1 atom stereocenters. The Morgan fingerprint density at radius 2 is 2.05 bits per heavy atom. The number of halogens is 1. The molecule has 1 N–H and O–H groups in total. The molecule has 0 heterocycles. The zero-order valence-corrected chi connectivity index (χ0v) is 13.3. The normalized spacial score (nSPS) is 12.7. The van der Waals surface area contributed by atoms with Crippen molar-refractivity contribution in [2.45, 2.75) is 45.9 Å². The van der Waals surface area contributed by atoms with E-state index in [-0.39, 0.29) is 5.54 Å². The van der Waals surface area contributed by atoms with Gasteiger partial charge in [-0.2, -0.15) is 5.26 Å². The van der Waals surface area contributed by atoms with Crippen LogP contribution in [-0.4, -0.2) is 18.8 Å². The molecule has 1 aromatic rings. The van der Waals surface area contributed by atoms with Crippen LogP contribution >= 0.6 is 11.6 Å². The smallest absolute Gasteiger partial charge is 0.182 e. The summed E-state index contributed by atoms with van der Waals surface area (Å²) in [4.78, 5) is 0. The van der Waals surface area contributed by atoms with Crippen LogP contribution in [0.1, 0.15) is 33.3 Å². The number of hydrogen-bond acceptors (Lipinski definition) is 4. The minimum absolute atomic E-state index is 0.0181. The van der Waals surface area contributed by atoms with Gasteiger partial charge >= 0.3 is 0 Å². The van der Waals surface area contributed by atoms with Crippen molar-refractivity contribution in [1.82, 2.24) is 5.32 Å². The Kier molecular flexibility index (Phi) is 5.67. The number of methoxy groups -OCH3 is 1. The van der Waals surface area contributed by atoms with Crippen LogP contribution in [0.25, 0.3) is 0 Å². The SMILES string of the molecule is COc1cc(CNC(C)(C)C)cc(Cl)c1OC(C)C#N. The van der Waals surface area contributed by atoms with E-state index in [1.165, 1.54) is 0 Å². The van der Waals surface area contributed by atoms with Crippen LogP contribution in [0.5, 0.6) is 11.5 Å². The molecule has 0 fully saturated rings. The van der Waals surface area contributed by atoms with Crippen LogP contribution < -0.4 is 14.8 Å². The molecule has 0 saturated heterocycles. The van der Waals surface area contributed by atoms with E-state index in [0.717, 1.165) is 5.56 Å². The highest BCUT2D eigenvalue weighted by molar-refractivity contribution is 6.32. The van der Waals surface area contributed by atoms with E-state index in [4.69, 9.17) is 26.3 Å². The maximum Gasteiger partial charge on any atom is 0.182 e. The van der Waals surface area contributed by atoms with Gasteiger partial charge in [-0.1, -0.05) is 11.6 Å². The van der Waals surface area contributed by atoms with Gasteiger partial charge in [-0.3, -0.25) is 0 Å². The number of ether oxygens (including phenoxy) is 2. The van der Waals surface area contributed by atoms with E-state index < -0.39 is 6.10 Å². The lowest BCUT2D eigenvalue weighted by Crippen LogP contribution is -2.35. The Hall–Kier alpha value is -1.44. The summed E-state index contributed by atoms with van der Waals surface area (Å²) in [5, 5.41) is 12.6. The van der Waals surface area contributed by atoms with Gasteiger partial charge in [0.15, 0.2) is 17.6 Å². The van der Waals surface area contributed by atoms with E-state index >= 15 is 0 Å². The lowest BCUT2D eigenvalue weighted by Gasteiger charge is -2.21. The summed E-state index contributed by atoms with van der Waals surface area (Å²) < 4.78 is 10.8. The number of nitriles is 1. The largest absolute Gasteiger partial charge is 0.493 e. The lowest BCUT2D eigenvalue weighted by atomic mass is 10.1. The Bertz CT molecular complexity index is 504. The summed E-state index contributed by atoms with van der Waals surface area (Å²) >= 11 is 6.22. The van der Waals surface area contributed by atoms with Crippen molar-refractivity contribution in [2.24, 2.45) is 0 Å². The van der Waals surface area contributed by atoms with Crippen molar-refractivity contribution in [2.75, 3.05) is 7.11 Å². The average molecular weight is 297 g/mol. The van der Waals surface area contributed by atoms with E-state index in [1.807, 2.05) is 18.2 Å². The third-order valence-corrected chi connectivity index (χ3v) is 2.87. The molecule has 110 valence electrons. The molecule has 1 rings (SSSR count). The standard InChI is InChI=1S/C15H21ClN2O2/c1-10(8-17)20-14-12(16)6-11(7-13(14)19-5)9-18-15(2,3)4/h6-7,10,18H,9H2,1-5H3. The van der Waals surface area contributed by atoms with Crippen molar-refractivity contribution < 1.29 is 9.47 Å². The molecule has 1 aromatic carbocycles. The molecule has 0 aliphatic carbocycles. The molecule has 0 bridgehead atoms. The van der Waals surface area contributed by atoms with Crippen molar-refractivity contribution in [3.05, 3.63) is 22.7 Å². The summed E-state index contributed by atoms with van der Waals surface area (Å²) in [6.07, 6.45) is -0.583. The molecule has 0 aliphatic heterocycles. The second kappa shape index (κ2) is 6.83. The summed E-state index contributed by atoms with van der Waals surface area (Å²) in [5.41, 5.74) is 1.02. The van der Waals surface area contributed by atoms with Crippen molar-refractivity contribution in [1.29, 1.82) is 5.26 Å². The first-order chi connectivity index (χ1) is 9.26. The molecule has 5 heteroatoms. The highest BCUT2D eigenvalue weighted by atomic mass is 35.5. The van der Waals surface area contributed by atoms with Gasteiger partial charge < -0.3 is 14.8 Å². The zero-order chi connectivity index (χ0) is 15.3. The van der Waals surface area contributed by atoms with E-state index in [0.29, 0.717) is 23.1 Å². The number of hydrogen-bond donors (Lipinski definition) is 1.